The van der Waals surface area contributed by atoms with E-state index in [2.05, 4.69) is 17.1 Å². The third-order valence-corrected chi connectivity index (χ3v) is 9.24. The third-order valence-electron chi connectivity index (χ3n) is 9.24. The van der Waals surface area contributed by atoms with Gasteiger partial charge in [-0.25, -0.2) is 92.8 Å². The zero-order valence-corrected chi connectivity index (χ0v) is 30.5. The number of halogens is 20. The van der Waals surface area contributed by atoms with Crippen molar-refractivity contribution in [1.29, 1.82) is 0 Å². The summed E-state index contributed by atoms with van der Waals surface area (Å²) in [7, 11) is 0. The van der Waals surface area contributed by atoms with Crippen molar-refractivity contribution in [3.8, 4) is 0 Å². The maximum Gasteiger partial charge on any atom is 0.222 e. The molecule has 6 aromatic rings. The lowest BCUT2D eigenvalue weighted by molar-refractivity contribution is -0.689. The Bertz CT molecular complexity index is 2500. The smallest absolute Gasteiger partial charge is 0.222 e. The molecule has 0 bridgehead atoms. The lowest BCUT2D eigenvalue weighted by Crippen LogP contribution is -2.81. The average Bonchev–Trinajstić information content (AvgIpc) is 3.26. The molecule has 0 amide bonds. The minimum atomic E-state index is -7.22. The van der Waals surface area contributed by atoms with Gasteiger partial charge in [0, 0.05) is 10.5 Å². The monoisotopic (exact) mass is 935 g/mol. The van der Waals surface area contributed by atoms with Gasteiger partial charge < -0.3 is 0 Å². The Kier molecular flexibility index (Phi) is 13.8. The van der Waals surface area contributed by atoms with Gasteiger partial charge in [0.2, 0.25) is 6.54 Å². The quantitative estimate of drug-likeness (QED) is 0.0287. The van der Waals surface area contributed by atoms with Crippen LogP contribution < -0.4 is 26.4 Å². The van der Waals surface area contributed by atoms with Gasteiger partial charge in [-0.2, -0.15) is 4.57 Å². The zero-order valence-electron chi connectivity index (χ0n) is 30.5. The summed E-state index contributed by atoms with van der Waals surface area (Å²) in [4.78, 5) is 14.0. The molecule has 0 aliphatic carbocycles. The van der Waals surface area contributed by atoms with Gasteiger partial charge in [-0.3, -0.25) is 10.1 Å². The topological polar surface area (TPSA) is 59.9 Å². The number of nitrogens with zero attached hydrogens (tertiary/aromatic N) is 3. The lowest BCUT2D eigenvalue weighted by Gasteiger charge is -2.44. The number of nitro groups is 1. The SMILES string of the molecule is Fc1c(F)c(F)c([B-](c2c(F)c(F)c(F)c(F)c2F)(c2c(F)c(F)c(F)c(F)c2F)c2c(F)c(F)c(F)c(F)c2F)c(F)c1F.O=[N+]([O-])CC=Cc1c[n+](Cc2ccccc2)ccn1. The van der Waals surface area contributed by atoms with Crippen LogP contribution in [0.2, 0.25) is 0 Å². The molecule has 0 unspecified atom stereocenters. The molecule has 5 nitrogen and oxygen atoms in total. The van der Waals surface area contributed by atoms with Crippen molar-refractivity contribution in [1.82, 2.24) is 4.98 Å². The van der Waals surface area contributed by atoms with Crippen molar-refractivity contribution in [2.75, 3.05) is 6.54 Å². The van der Waals surface area contributed by atoms with Crippen LogP contribution in [0, 0.1) is 126 Å². The molecule has 1 aromatic heterocycles. The summed E-state index contributed by atoms with van der Waals surface area (Å²) >= 11 is 0. The van der Waals surface area contributed by atoms with Gasteiger partial charge >= 0.3 is 0 Å². The molecule has 0 N–H and O–H groups in total. The molecule has 0 saturated heterocycles. The van der Waals surface area contributed by atoms with E-state index in [1.807, 2.05) is 35.2 Å². The number of hydrogen-bond donors (Lipinski definition) is 0. The van der Waals surface area contributed by atoms with Gasteiger partial charge in [0.25, 0.3) is 0 Å². The molecule has 336 valence electrons. The molecule has 0 radical (unpaired) electrons. The second kappa shape index (κ2) is 18.4. The van der Waals surface area contributed by atoms with Crippen LogP contribution in [0.5, 0.6) is 0 Å². The maximum atomic E-state index is 15.4. The van der Waals surface area contributed by atoms with E-state index >= 15 is 35.1 Å². The Hall–Kier alpha value is -7.02. The molecule has 0 atom stereocenters. The number of hydrogen-bond acceptors (Lipinski definition) is 3. The normalized spacial score (nSPS) is 11.6. The highest BCUT2D eigenvalue weighted by Gasteiger charge is 2.52. The zero-order chi connectivity index (χ0) is 47.9. The highest BCUT2D eigenvalue weighted by molar-refractivity contribution is 7.20. The second-order valence-corrected chi connectivity index (χ2v) is 12.9. The highest BCUT2D eigenvalue weighted by Crippen LogP contribution is 2.30. The molecule has 26 heteroatoms. The van der Waals surface area contributed by atoms with E-state index < -0.39 is 144 Å². The fourth-order valence-electron chi connectivity index (χ4n) is 6.56. The average molecular weight is 935 g/mol. The largest absolute Gasteiger partial charge is 0.264 e. The summed E-state index contributed by atoms with van der Waals surface area (Å²) in [6.07, 6.45) is 1.36. The number of rotatable bonds is 9. The van der Waals surface area contributed by atoms with Gasteiger partial charge in [-0.05, 0) is 12.2 Å². The molecule has 0 saturated carbocycles. The Labute approximate surface area is 342 Å². The van der Waals surface area contributed by atoms with Crippen molar-refractivity contribution < 1.29 is 97.3 Å². The summed E-state index contributed by atoms with van der Waals surface area (Å²) < 4.78 is 296. The van der Waals surface area contributed by atoms with Crippen LogP contribution in [-0.4, -0.2) is 22.6 Å². The van der Waals surface area contributed by atoms with Crippen LogP contribution in [-0.2, 0) is 6.54 Å². The van der Waals surface area contributed by atoms with Crippen LogP contribution in [0.15, 0.2) is 55.0 Å². The maximum absolute atomic E-state index is 15.4. The van der Waals surface area contributed by atoms with Crippen LogP contribution in [0.4, 0.5) is 87.8 Å². The third kappa shape index (κ3) is 8.06. The predicted molar refractivity (Wildman–Crippen MR) is 180 cm³/mol. The first-order chi connectivity index (χ1) is 29.9. The minimum Gasteiger partial charge on any atom is -0.264 e. The van der Waals surface area contributed by atoms with Crippen molar-refractivity contribution in [3.05, 3.63) is 193 Å². The molecule has 0 fully saturated rings. The Morgan fingerprint density at radius 1 is 0.484 bits per heavy atom. The highest BCUT2D eigenvalue weighted by atomic mass is 19.2. The van der Waals surface area contributed by atoms with E-state index in [-0.39, 0.29) is 11.5 Å². The van der Waals surface area contributed by atoms with Gasteiger partial charge in [-0.1, -0.05) is 30.3 Å². The van der Waals surface area contributed by atoms with E-state index in [0.717, 1.165) is 6.54 Å². The van der Waals surface area contributed by atoms with Crippen LogP contribution in [0.25, 0.3) is 6.08 Å². The van der Waals surface area contributed by atoms with Crippen molar-refractivity contribution >= 4 is 34.1 Å². The van der Waals surface area contributed by atoms with Gasteiger partial charge in [0.15, 0.2) is 88.7 Å². The first-order valence-electron chi connectivity index (χ1n) is 16.8. The second-order valence-electron chi connectivity index (χ2n) is 12.9. The Morgan fingerprint density at radius 3 is 1.08 bits per heavy atom. The van der Waals surface area contributed by atoms with Crippen LogP contribution in [0.3, 0.4) is 0 Å². The van der Waals surface area contributed by atoms with E-state index in [9.17, 15) is 62.8 Å². The van der Waals surface area contributed by atoms with Crippen LogP contribution >= 0.6 is 0 Å². The molecule has 1 heterocycles. The predicted octanol–water partition coefficient (Wildman–Crippen LogP) is 7.55. The molecule has 0 aliphatic heterocycles. The Balaban J connectivity index is 0.000000337. The Morgan fingerprint density at radius 2 is 0.781 bits per heavy atom. The molecule has 0 aliphatic rings. The summed E-state index contributed by atoms with van der Waals surface area (Å²) in [6.45, 7) is 0.564. The minimum absolute atomic E-state index is 0.185. The first kappa shape index (κ1) is 48.0. The summed E-state index contributed by atoms with van der Waals surface area (Å²) in [6, 6.07) is 10.1. The lowest BCUT2D eigenvalue weighted by atomic mass is 9.12. The van der Waals surface area contributed by atoms with E-state index in [1.165, 1.54) is 11.6 Å². The molecule has 6 rings (SSSR count). The number of aromatic nitrogens is 2. The summed E-state index contributed by atoms with van der Waals surface area (Å²) in [5, 5.41) is 10.2. The summed E-state index contributed by atoms with van der Waals surface area (Å²) in [5.41, 5.74) is -12.4. The van der Waals surface area contributed by atoms with Crippen molar-refractivity contribution in [2.45, 2.75) is 6.54 Å². The molecule has 0 spiro atoms. The standard InChI is InChI=1S/C24BF20.C14H14N3O2/c26-5-1(6(27)14(35)21(42)13(5)34)25(2-7(28)15(36)22(43)16(37)8(2)29,3-9(30)17(38)23(44)18(39)10(3)31)4-11(32)19(40)24(45)20(41)12(4)33;18-17(19)9-4-7-14-12-16(10-8-15-14)11-13-5-2-1-3-6-13/h;1-8,10,12H,9,11H2/q-1;+1. The fraction of sp³-hybridized carbons (Fsp3) is 0.0526. The van der Waals surface area contributed by atoms with E-state index in [4.69, 9.17) is 0 Å². The van der Waals surface area contributed by atoms with Crippen LogP contribution in [0.1, 0.15) is 11.3 Å². The van der Waals surface area contributed by atoms with Gasteiger partial charge in [0.05, 0.1) is 6.20 Å². The van der Waals surface area contributed by atoms with E-state index in [0.29, 0.717) is 5.69 Å². The molecular formula is C38H14BF20N3O2. The van der Waals surface area contributed by atoms with E-state index in [1.54, 1.807) is 12.3 Å². The fourth-order valence-corrected chi connectivity index (χ4v) is 6.56. The van der Waals surface area contributed by atoms with Gasteiger partial charge in [-0.15, -0.1) is 21.9 Å². The molecule has 64 heavy (non-hydrogen) atoms. The van der Waals surface area contributed by atoms with Gasteiger partial charge in [0.1, 0.15) is 58.4 Å². The molecule has 5 aromatic carbocycles. The van der Waals surface area contributed by atoms with Crippen molar-refractivity contribution in [3.63, 3.8) is 0 Å². The van der Waals surface area contributed by atoms with Crippen molar-refractivity contribution in [2.24, 2.45) is 0 Å². The summed E-state index contributed by atoms with van der Waals surface area (Å²) in [5.74, 6) is -71.4. The molecular weight excluding hydrogens is 921 g/mol. The first-order valence-corrected chi connectivity index (χ1v) is 16.8. The number of benzene rings is 5.